The lowest BCUT2D eigenvalue weighted by molar-refractivity contribution is 0.394. The van der Waals surface area contributed by atoms with Crippen LogP contribution < -0.4 is 19.7 Å². The Morgan fingerprint density at radius 3 is 2.30 bits per heavy atom. The minimum Gasteiger partial charge on any atom is -0.497 e. The lowest BCUT2D eigenvalue weighted by Gasteiger charge is -2.26. The number of aromatic nitrogens is 2. The van der Waals surface area contributed by atoms with E-state index >= 15 is 0 Å². The number of pyridine rings is 2. The second-order valence-electron chi connectivity index (χ2n) is 8.35. The quantitative estimate of drug-likeness (QED) is 0.289. The van der Waals surface area contributed by atoms with Gasteiger partial charge in [0.2, 0.25) is 0 Å². The Balaban J connectivity index is 0.00000121. The average Bonchev–Trinajstić information content (AvgIpc) is 2.94. The molecule has 0 atom stereocenters. The van der Waals surface area contributed by atoms with Gasteiger partial charge in [-0.3, -0.25) is 15.0 Å². The van der Waals surface area contributed by atoms with Crippen LogP contribution in [0.1, 0.15) is 13.8 Å². The first-order valence-corrected chi connectivity index (χ1v) is 12.1. The average molecular weight is 498 g/mol. The lowest BCUT2D eigenvalue weighted by atomic mass is 10.1. The number of benzene rings is 2. The molecule has 0 saturated carbocycles. The monoisotopic (exact) mass is 497 g/mol. The molecule has 7 heteroatoms. The summed E-state index contributed by atoms with van der Waals surface area (Å²) in [6.07, 6.45) is 9.24. The van der Waals surface area contributed by atoms with Crippen LogP contribution >= 0.6 is 0 Å². The highest BCUT2D eigenvalue weighted by atomic mass is 16.5. The van der Waals surface area contributed by atoms with Crippen LogP contribution in [0, 0.1) is 0 Å². The SMILES string of the molecule is C/C=C\N=C(C)CN(c1cc(OC)cc(OC)c1)c1ccc2ncc(-c3cccnc3)cc2c1.CNC. The van der Waals surface area contributed by atoms with Gasteiger partial charge in [0.05, 0.1) is 26.3 Å². The summed E-state index contributed by atoms with van der Waals surface area (Å²) in [6.45, 7) is 4.58. The number of anilines is 2. The number of hydrogen-bond donors (Lipinski definition) is 1. The molecule has 0 unspecified atom stereocenters. The highest BCUT2D eigenvalue weighted by Gasteiger charge is 2.15. The number of aliphatic imine (C=N–C) groups is 1. The van der Waals surface area contributed by atoms with E-state index in [4.69, 9.17) is 9.47 Å². The van der Waals surface area contributed by atoms with E-state index in [2.05, 4.69) is 43.4 Å². The van der Waals surface area contributed by atoms with Crippen LogP contribution in [-0.4, -0.2) is 50.5 Å². The fourth-order valence-electron chi connectivity index (χ4n) is 3.73. The molecule has 0 spiro atoms. The molecular formula is C30H35N5O2. The van der Waals surface area contributed by atoms with E-state index in [1.165, 1.54) is 0 Å². The Bertz CT molecular complexity index is 1330. The van der Waals surface area contributed by atoms with Gasteiger partial charge in [0.1, 0.15) is 11.5 Å². The van der Waals surface area contributed by atoms with E-state index in [1.54, 1.807) is 20.4 Å². The highest BCUT2D eigenvalue weighted by Crippen LogP contribution is 2.34. The van der Waals surface area contributed by atoms with Gasteiger partial charge in [0.15, 0.2) is 0 Å². The molecule has 192 valence electrons. The summed E-state index contributed by atoms with van der Waals surface area (Å²) in [4.78, 5) is 15.7. The number of allylic oxidation sites excluding steroid dienone is 1. The van der Waals surface area contributed by atoms with Gasteiger partial charge in [-0.1, -0.05) is 12.1 Å². The molecule has 0 radical (unpaired) electrons. The van der Waals surface area contributed by atoms with Gasteiger partial charge >= 0.3 is 0 Å². The number of methoxy groups -OCH3 is 2. The Morgan fingerprint density at radius 1 is 0.946 bits per heavy atom. The van der Waals surface area contributed by atoms with Crippen molar-refractivity contribution in [3.63, 3.8) is 0 Å². The van der Waals surface area contributed by atoms with Crippen molar-refractivity contribution in [3.8, 4) is 22.6 Å². The van der Waals surface area contributed by atoms with Gasteiger partial charge in [0.25, 0.3) is 0 Å². The Hall–Kier alpha value is -4.23. The van der Waals surface area contributed by atoms with Gasteiger partial charge in [-0.05, 0) is 58.3 Å². The standard InChI is InChI=1S/C28H28N4O2.C2H7N/c1-5-10-30-20(2)19-32(25-14-26(33-3)16-27(15-25)34-4)24-8-9-28-22(13-24)12-23(18-31-28)21-7-6-11-29-17-21;1-3-2/h5-18H,19H2,1-4H3;3H,1-2H3/b10-5-,30-20?;. The topological polar surface area (TPSA) is 71.9 Å². The number of nitrogens with one attached hydrogen (secondary N) is 1. The van der Waals surface area contributed by atoms with E-state index in [-0.39, 0.29) is 0 Å². The second kappa shape index (κ2) is 13.8. The molecule has 7 nitrogen and oxygen atoms in total. The fraction of sp³-hybridized carbons (Fsp3) is 0.233. The number of hydrogen-bond acceptors (Lipinski definition) is 7. The maximum absolute atomic E-state index is 5.52. The number of rotatable bonds is 8. The first-order chi connectivity index (χ1) is 18.0. The number of fused-ring (bicyclic) bond motifs is 1. The summed E-state index contributed by atoms with van der Waals surface area (Å²) in [7, 11) is 7.06. The predicted octanol–water partition coefficient (Wildman–Crippen LogP) is 6.28. The lowest BCUT2D eigenvalue weighted by Crippen LogP contribution is -2.23. The van der Waals surface area contributed by atoms with E-state index in [9.17, 15) is 0 Å². The summed E-state index contributed by atoms with van der Waals surface area (Å²) in [6, 6.07) is 18.3. The van der Waals surface area contributed by atoms with E-state index in [0.29, 0.717) is 6.54 Å². The van der Waals surface area contributed by atoms with Gasteiger partial charge in [-0.2, -0.15) is 0 Å². The summed E-state index contributed by atoms with van der Waals surface area (Å²) < 4.78 is 11.0. The summed E-state index contributed by atoms with van der Waals surface area (Å²) in [5, 5.41) is 3.79. The molecule has 2 aromatic carbocycles. The first-order valence-electron chi connectivity index (χ1n) is 12.1. The summed E-state index contributed by atoms with van der Waals surface area (Å²) in [5.74, 6) is 1.45. The van der Waals surface area contributed by atoms with Gasteiger partial charge < -0.3 is 19.7 Å². The number of ether oxygens (including phenoxy) is 2. The molecule has 0 aliphatic carbocycles. The molecule has 0 amide bonds. The molecule has 4 rings (SSSR count). The van der Waals surface area contributed by atoms with Crippen molar-refractivity contribution in [3.05, 3.63) is 85.5 Å². The van der Waals surface area contributed by atoms with Gasteiger partial charge in [-0.25, -0.2) is 0 Å². The second-order valence-corrected chi connectivity index (χ2v) is 8.35. The van der Waals surface area contributed by atoms with Crippen LogP contribution in [0.15, 0.2) is 90.5 Å². The van der Waals surface area contributed by atoms with Crippen molar-refractivity contribution < 1.29 is 9.47 Å². The van der Waals surface area contributed by atoms with Crippen LogP contribution in [0.4, 0.5) is 11.4 Å². The number of nitrogens with zero attached hydrogens (tertiary/aromatic N) is 4. The third kappa shape index (κ3) is 7.38. The Labute approximate surface area is 219 Å². The molecular weight excluding hydrogens is 462 g/mol. The molecule has 1 N–H and O–H groups in total. The van der Waals surface area contributed by atoms with Crippen molar-refractivity contribution in [1.29, 1.82) is 0 Å². The normalized spacial score (nSPS) is 11.2. The van der Waals surface area contributed by atoms with E-state index in [0.717, 1.165) is 50.6 Å². The van der Waals surface area contributed by atoms with Crippen LogP contribution in [0.2, 0.25) is 0 Å². The minimum atomic E-state index is 0.599. The summed E-state index contributed by atoms with van der Waals surface area (Å²) >= 11 is 0. The zero-order valence-corrected chi connectivity index (χ0v) is 22.4. The fourth-order valence-corrected chi connectivity index (χ4v) is 3.73. The zero-order chi connectivity index (χ0) is 26.6. The van der Waals surface area contributed by atoms with Crippen LogP contribution in [0.25, 0.3) is 22.0 Å². The van der Waals surface area contributed by atoms with E-state index < -0.39 is 0 Å². The molecule has 2 aromatic heterocycles. The molecule has 0 fully saturated rings. The van der Waals surface area contributed by atoms with Crippen molar-refractivity contribution >= 4 is 28.0 Å². The van der Waals surface area contributed by atoms with Crippen molar-refractivity contribution in [2.45, 2.75) is 13.8 Å². The zero-order valence-electron chi connectivity index (χ0n) is 22.4. The van der Waals surface area contributed by atoms with Crippen LogP contribution in [0.5, 0.6) is 11.5 Å². The summed E-state index contributed by atoms with van der Waals surface area (Å²) in [5.41, 5.74) is 5.93. The molecule has 0 aliphatic rings. The predicted molar refractivity (Wildman–Crippen MR) is 154 cm³/mol. The maximum Gasteiger partial charge on any atom is 0.124 e. The van der Waals surface area contributed by atoms with Gasteiger partial charge in [-0.15, -0.1) is 0 Å². The minimum absolute atomic E-state index is 0.599. The Morgan fingerprint density at radius 2 is 1.68 bits per heavy atom. The molecule has 37 heavy (non-hydrogen) atoms. The first kappa shape index (κ1) is 27.4. The smallest absolute Gasteiger partial charge is 0.124 e. The van der Waals surface area contributed by atoms with Crippen molar-refractivity contribution in [2.24, 2.45) is 4.99 Å². The Kier molecular flexibility index (Phi) is 10.2. The van der Waals surface area contributed by atoms with Crippen LogP contribution in [-0.2, 0) is 0 Å². The highest BCUT2D eigenvalue weighted by molar-refractivity contribution is 5.92. The maximum atomic E-state index is 5.52. The molecule has 0 aliphatic heterocycles. The van der Waals surface area contributed by atoms with Gasteiger partial charge in [0, 0.05) is 76.6 Å². The van der Waals surface area contributed by atoms with Crippen molar-refractivity contribution in [1.82, 2.24) is 15.3 Å². The van der Waals surface area contributed by atoms with Crippen LogP contribution in [0.3, 0.4) is 0 Å². The largest absolute Gasteiger partial charge is 0.497 e. The van der Waals surface area contributed by atoms with Crippen molar-refractivity contribution in [2.75, 3.05) is 39.8 Å². The third-order valence-corrected chi connectivity index (χ3v) is 5.45. The van der Waals surface area contributed by atoms with E-state index in [1.807, 2.05) is 89.0 Å². The molecule has 4 aromatic rings. The molecule has 2 heterocycles. The molecule has 0 bridgehead atoms. The third-order valence-electron chi connectivity index (χ3n) is 5.45. The molecule has 0 saturated heterocycles.